The maximum absolute atomic E-state index is 12.9. The van der Waals surface area contributed by atoms with Crippen LogP contribution in [0.4, 0.5) is 0 Å². The second-order valence-electron chi connectivity index (χ2n) is 23.1. The molecule has 6 nitrogen and oxygen atoms in total. The molecule has 0 amide bonds. The summed E-state index contributed by atoms with van der Waals surface area (Å²) in [4.78, 5) is 38.2. The molecule has 0 heterocycles. The summed E-state index contributed by atoms with van der Waals surface area (Å²) in [6.45, 7) is 6.67. The third kappa shape index (κ3) is 62.6. The van der Waals surface area contributed by atoms with Gasteiger partial charge in [-0.25, -0.2) is 0 Å². The van der Waals surface area contributed by atoms with E-state index in [-0.39, 0.29) is 31.1 Å². The lowest BCUT2D eigenvalue weighted by atomic mass is 10.0. The Balaban J connectivity index is 4.09. The van der Waals surface area contributed by atoms with Crippen LogP contribution < -0.4 is 0 Å². The highest BCUT2D eigenvalue weighted by Crippen LogP contribution is 2.18. The lowest BCUT2D eigenvalue weighted by Crippen LogP contribution is -2.30. The Bertz CT molecular complexity index is 1210. The monoisotopic (exact) mass is 1050 g/mol. The van der Waals surface area contributed by atoms with Crippen molar-refractivity contribution < 1.29 is 28.6 Å². The summed E-state index contributed by atoms with van der Waals surface area (Å²) in [6, 6.07) is 0. The quantitative estimate of drug-likeness (QED) is 0.0261. The van der Waals surface area contributed by atoms with Gasteiger partial charge in [0.25, 0.3) is 0 Å². The van der Waals surface area contributed by atoms with E-state index in [2.05, 4.69) is 45.1 Å². The number of ether oxygens (including phenoxy) is 3. The molecule has 0 aromatic carbocycles. The molecule has 0 fully saturated rings. The summed E-state index contributed by atoms with van der Waals surface area (Å²) in [5.74, 6) is -0.843. The average molecular weight is 1060 g/mol. The van der Waals surface area contributed by atoms with Crippen molar-refractivity contribution in [1.29, 1.82) is 0 Å². The van der Waals surface area contributed by atoms with Crippen LogP contribution in [-0.4, -0.2) is 37.2 Å². The van der Waals surface area contributed by atoms with Crippen LogP contribution in [0.15, 0.2) is 24.3 Å². The molecular weight excluding hydrogens is 925 g/mol. The first-order chi connectivity index (χ1) is 37.0. The van der Waals surface area contributed by atoms with Gasteiger partial charge in [0.1, 0.15) is 13.2 Å². The van der Waals surface area contributed by atoms with Crippen molar-refractivity contribution in [2.24, 2.45) is 0 Å². The van der Waals surface area contributed by atoms with Crippen LogP contribution in [0.5, 0.6) is 0 Å². The first-order valence-corrected chi connectivity index (χ1v) is 33.8. The van der Waals surface area contributed by atoms with Crippen LogP contribution in [0.1, 0.15) is 380 Å². The Hall–Kier alpha value is -2.11. The Labute approximate surface area is 468 Å². The molecule has 1 unspecified atom stereocenters. The number of unbranched alkanes of at least 4 members (excludes halogenated alkanes) is 48. The van der Waals surface area contributed by atoms with Crippen molar-refractivity contribution in [3.8, 4) is 0 Å². The highest BCUT2D eigenvalue weighted by Gasteiger charge is 2.19. The standard InChI is InChI=1S/C69H130O6/c1-4-7-10-13-16-19-21-23-25-27-29-31-33-35-37-38-40-42-44-46-48-50-53-56-59-62-68(71)74-65-66(64-73-67(70)61-58-55-52-18-15-12-9-6-3)75-69(72)63-60-57-54-51-49-47-45-43-41-39-36-34-32-30-28-26-24-22-20-17-14-11-8-5-2/h21,23,27,29,66H,4-20,22,24-26,28,30-65H2,1-3H3/b23-21-,29-27-. The predicted octanol–water partition coefficient (Wildman–Crippen LogP) is 23.0. The van der Waals surface area contributed by atoms with Gasteiger partial charge in [-0.3, -0.25) is 14.4 Å². The van der Waals surface area contributed by atoms with E-state index < -0.39 is 6.10 Å². The van der Waals surface area contributed by atoms with Crippen molar-refractivity contribution in [2.75, 3.05) is 13.2 Å². The minimum absolute atomic E-state index is 0.0655. The molecule has 0 aromatic heterocycles. The first kappa shape index (κ1) is 72.9. The van der Waals surface area contributed by atoms with E-state index in [0.29, 0.717) is 19.3 Å². The summed E-state index contributed by atoms with van der Waals surface area (Å²) in [5.41, 5.74) is 0. The zero-order valence-electron chi connectivity index (χ0n) is 50.8. The van der Waals surface area contributed by atoms with Crippen molar-refractivity contribution in [2.45, 2.75) is 386 Å². The molecule has 6 heteroatoms. The van der Waals surface area contributed by atoms with Gasteiger partial charge < -0.3 is 14.2 Å². The lowest BCUT2D eigenvalue weighted by molar-refractivity contribution is -0.167. The maximum atomic E-state index is 12.9. The molecule has 0 aliphatic carbocycles. The van der Waals surface area contributed by atoms with Gasteiger partial charge in [0, 0.05) is 19.3 Å². The number of esters is 3. The zero-order valence-corrected chi connectivity index (χ0v) is 50.8. The number of allylic oxidation sites excluding steroid dienone is 4. The molecular formula is C69H130O6. The Morgan fingerprint density at radius 1 is 0.267 bits per heavy atom. The summed E-state index contributed by atoms with van der Waals surface area (Å²) in [6.07, 6.45) is 77.9. The fourth-order valence-electron chi connectivity index (χ4n) is 10.4. The Morgan fingerprint density at radius 3 is 0.733 bits per heavy atom. The van der Waals surface area contributed by atoms with Gasteiger partial charge in [-0.05, 0) is 51.4 Å². The van der Waals surface area contributed by atoms with E-state index in [1.807, 2.05) is 0 Å². The van der Waals surface area contributed by atoms with E-state index in [1.165, 1.54) is 276 Å². The van der Waals surface area contributed by atoms with Gasteiger partial charge in [0.05, 0.1) is 0 Å². The molecule has 0 bridgehead atoms. The normalized spacial score (nSPS) is 12.1. The molecule has 1 atom stereocenters. The molecule has 0 aliphatic rings. The van der Waals surface area contributed by atoms with E-state index in [4.69, 9.17) is 14.2 Å². The van der Waals surface area contributed by atoms with Gasteiger partial charge in [0.2, 0.25) is 0 Å². The summed E-state index contributed by atoms with van der Waals surface area (Å²) >= 11 is 0. The molecule has 442 valence electrons. The van der Waals surface area contributed by atoms with Crippen LogP contribution in [-0.2, 0) is 28.6 Å². The second-order valence-corrected chi connectivity index (χ2v) is 23.1. The number of hydrogen-bond acceptors (Lipinski definition) is 6. The summed E-state index contributed by atoms with van der Waals surface area (Å²) in [7, 11) is 0. The summed E-state index contributed by atoms with van der Waals surface area (Å²) in [5, 5.41) is 0. The molecule has 0 radical (unpaired) electrons. The fourth-order valence-corrected chi connectivity index (χ4v) is 10.4. The van der Waals surface area contributed by atoms with E-state index in [1.54, 1.807) is 0 Å². The Kier molecular flexibility index (Phi) is 62.6. The zero-order chi connectivity index (χ0) is 54.3. The average Bonchev–Trinajstić information content (AvgIpc) is 3.41. The maximum Gasteiger partial charge on any atom is 0.306 e. The van der Waals surface area contributed by atoms with Gasteiger partial charge in [-0.2, -0.15) is 0 Å². The highest BCUT2D eigenvalue weighted by atomic mass is 16.6. The lowest BCUT2D eigenvalue weighted by Gasteiger charge is -2.18. The van der Waals surface area contributed by atoms with Gasteiger partial charge in [-0.15, -0.1) is 0 Å². The van der Waals surface area contributed by atoms with Crippen molar-refractivity contribution in [1.82, 2.24) is 0 Å². The van der Waals surface area contributed by atoms with E-state index in [0.717, 1.165) is 64.2 Å². The third-order valence-electron chi connectivity index (χ3n) is 15.5. The van der Waals surface area contributed by atoms with Crippen LogP contribution in [0.25, 0.3) is 0 Å². The molecule has 0 spiro atoms. The van der Waals surface area contributed by atoms with Gasteiger partial charge in [0.15, 0.2) is 6.10 Å². The fraction of sp³-hybridized carbons (Fsp3) is 0.899. The number of carbonyl (C=O) groups excluding carboxylic acids is 3. The predicted molar refractivity (Wildman–Crippen MR) is 326 cm³/mol. The van der Waals surface area contributed by atoms with Gasteiger partial charge in [-0.1, -0.05) is 334 Å². The molecule has 0 aromatic rings. The first-order valence-electron chi connectivity index (χ1n) is 33.8. The smallest absolute Gasteiger partial charge is 0.306 e. The molecule has 75 heavy (non-hydrogen) atoms. The van der Waals surface area contributed by atoms with Crippen LogP contribution in [0.3, 0.4) is 0 Å². The number of carbonyl (C=O) groups is 3. The summed E-state index contributed by atoms with van der Waals surface area (Å²) < 4.78 is 16.9. The molecule has 0 N–H and O–H groups in total. The van der Waals surface area contributed by atoms with Crippen molar-refractivity contribution in [3.05, 3.63) is 24.3 Å². The van der Waals surface area contributed by atoms with Crippen molar-refractivity contribution >= 4 is 17.9 Å². The van der Waals surface area contributed by atoms with Crippen molar-refractivity contribution in [3.63, 3.8) is 0 Å². The van der Waals surface area contributed by atoms with E-state index in [9.17, 15) is 14.4 Å². The Morgan fingerprint density at radius 2 is 0.480 bits per heavy atom. The minimum Gasteiger partial charge on any atom is -0.462 e. The SMILES string of the molecule is CCCCCCC/C=C\C/C=C\CCCCCCCCCCCCCCCC(=O)OCC(COC(=O)CCCCCCCCCC)OC(=O)CCCCCCCCCCCCCCCCCCCCCCCCCC. The van der Waals surface area contributed by atoms with Crippen LogP contribution >= 0.6 is 0 Å². The van der Waals surface area contributed by atoms with Crippen LogP contribution in [0, 0.1) is 0 Å². The minimum atomic E-state index is -0.766. The third-order valence-corrected chi connectivity index (χ3v) is 15.5. The second kappa shape index (κ2) is 64.4. The topological polar surface area (TPSA) is 78.9 Å². The number of hydrogen-bond donors (Lipinski definition) is 0. The molecule has 0 aliphatic heterocycles. The number of rotatable bonds is 63. The molecule has 0 saturated heterocycles. The highest BCUT2D eigenvalue weighted by molar-refractivity contribution is 5.71. The molecule has 0 rings (SSSR count). The van der Waals surface area contributed by atoms with Crippen LogP contribution in [0.2, 0.25) is 0 Å². The van der Waals surface area contributed by atoms with E-state index >= 15 is 0 Å². The molecule has 0 saturated carbocycles. The van der Waals surface area contributed by atoms with Gasteiger partial charge >= 0.3 is 17.9 Å². The largest absolute Gasteiger partial charge is 0.462 e.